The summed E-state index contributed by atoms with van der Waals surface area (Å²) in [6, 6.07) is 7.85. The first-order chi connectivity index (χ1) is 12.1. The van der Waals surface area contributed by atoms with E-state index in [1.165, 1.54) is 0 Å². The van der Waals surface area contributed by atoms with Crippen LogP contribution < -0.4 is 16.0 Å². The summed E-state index contributed by atoms with van der Waals surface area (Å²) in [7, 11) is 1.70. The lowest BCUT2D eigenvalue weighted by Gasteiger charge is -2.26. The van der Waals surface area contributed by atoms with Crippen LogP contribution >= 0.6 is 24.0 Å². The van der Waals surface area contributed by atoms with Gasteiger partial charge in [-0.1, -0.05) is 18.2 Å². The Morgan fingerprint density at radius 1 is 1.35 bits per heavy atom. The molecule has 1 amide bonds. The molecule has 2 rings (SSSR count). The van der Waals surface area contributed by atoms with E-state index in [0.29, 0.717) is 44.9 Å². The third-order valence-electron chi connectivity index (χ3n) is 4.00. The number of fused-ring (bicyclic) bond motifs is 1. The lowest BCUT2D eigenvalue weighted by Crippen LogP contribution is -2.41. The number of hydrogen-bond acceptors (Lipinski definition) is 4. The van der Waals surface area contributed by atoms with Crippen LogP contribution in [-0.4, -0.2) is 44.6 Å². The largest absolute Gasteiger partial charge is 0.466 e. The zero-order valence-electron chi connectivity index (χ0n) is 15.2. The van der Waals surface area contributed by atoms with Crippen molar-refractivity contribution in [1.82, 2.24) is 10.6 Å². The molecule has 1 aromatic carbocycles. The number of hydrogen-bond donors (Lipinski definition) is 3. The minimum absolute atomic E-state index is 0. The molecule has 1 unspecified atom stereocenters. The maximum absolute atomic E-state index is 11.8. The van der Waals surface area contributed by atoms with Crippen LogP contribution in [0.2, 0.25) is 0 Å². The molecule has 0 spiro atoms. The van der Waals surface area contributed by atoms with E-state index in [1.54, 1.807) is 14.0 Å². The molecule has 8 heteroatoms. The van der Waals surface area contributed by atoms with E-state index in [1.807, 2.05) is 24.3 Å². The monoisotopic (exact) mass is 474 g/mol. The summed E-state index contributed by atoms with van der Waals surface area (Å²) in [5, 5.41) is 9.33. The van der Waals surface area contributed by atoms with Crippen LogP contribution in [0, 0.1) is 0 Å². The van der Waals surface area contributed by atoms with E-state index in [9.17, 15) is 9.59 Å². The topological polar surface area (TPSA) is 91.8 Å². The molecule has 1 aliphatic rings. The number of rotatable bonds is 7. The molecule has 0 saturated carbocycles. The maximum atomic E-state index is 11.8. The summed E-state index contributed by atoms with van der Waals surface area (Å²) in [4.78, 5) is 27.3. The normalized spacial score (nSPS) is 16.0. The summed E-state index contributed by atoms with van der Waals surface area (Å²) >= 11 is 0. The second-order valence-electron chi connectivity index (χ2n) is 5.82. The molecule has 1 aliphatic heterocycles. The fourth-order valence-corrected chi connectivity index (χ4v) is 2.80. The van der Waals surface area contributed by atoms with Gasteiger partial charge in [0.2, 0.25) is 5.91 Å². The van der Waals surface area contributed by atoms with Crippen LogP contribution in [-0.2, 0) is 14.3 Å². The van der Waals surface area contributed by atoms with Gasteiger partial charge in [0.05, 0.1) is 6.61 Å². The number of guanidine groups is 1. The van der Waals surface area contributed by atoms with Gasteiger partial charge in [0.1, 0.15) is 0 Å². The molecule has 0 bridgehead atoms. The Morgan fingerprint density at radius 2 is 2.12 bits per heavy atom. The van der Waals surface area contributed by atoms with Crippen molar-refractivity contribution in [2.75, 3.05) is 32.1 Å². The van der Waals surface area contributed by atoms with Crippen LogP contribution in [0.1, 0.15) is 37.7 Å². The highest BCUT2D eigenvalue weighted by atomic mass is 127. The minimum Gasteiger partial charge on any atom is -0.466 e. The van der Waals surface area contributed by atoms with Crippen molar-refractivity contribution in [1.29, 1.82) is 0 Å². The number of aliphatic imine (C=N–C) groups is 1. The van der Waals surface area contributed by atoms with Gasteiger partial charge >= 0.3 is 5.97 Å². The summed E-state index contributed by atoms with van der Waals surface area (Å²) in [5.74, 6) is 0.607. The van der Waals surface area contributed by atoms with E-state index in [0.717, 1.165) is 11.3 Å². The third kappa shape index (κ3) is 6.81. The highest BCUT2D eigenvalue weighted by Gasteiger charge is 2.24. The van der Waals surface area contributed by atoms with Crippen molar-refractivity contribution < 1.29 is 14.3 Å². The Morgan fingerprint density at radius 3 is 2.85 bits per heavy atom. The number of para-hydroxylation sites is 1. The van der Waals surface area contributed by atoms with Crippen LogP contribution in [0.25, 0.3) is 0 Å². The molecule has 1 aromatic rings. The molecule has 0 aromatic heterocycles. The van der Waals surface area contributed by atoms with Gasteiger partial charge < -0.3 is 20.7 Å². The third-order valence-corrected chi connectivity index (χ3v) is 4.00. The number of carbonyl (C=O) groups is 2. The van der Waals surface area contributed by atoms with Crippen molar-refractivity contribution in [2.45, 2.75) is 32.1 Å². The van der Waals surface area contributed by atoms with Gasteiger partial charge in [-0.05, 0) is 25.0 Å². The average Bonchev–Trinajstić information content (AvgIpc) is 2.61. The molecule has 0 saturated heterocycles. The van der Waals surface area contributed by atoms with Gasteiger partial charge in [0.15, 0.2) is 5.96 Å². The van der Waals surface area contributed by atoms with Gasteiger partial charge in [-0.15, -0.1) is 24.0 Å². The Balaban J connectivity index is 0.00000338. The second kappa shape index (κ2) is 11.7. The van der Waals surface area contributed by atoms with E-state index < -0.39 is 0 Å². The smallest absolute Gasteiger partial charge is 0.305 e. The van der Waals surface area contributed by atoms with Crippen molar-refractivity contribution in [3.8, 4) is 0 Å². The van der Waals surface area contributed by atoms with E-state index >= 15 is 0 Å². The molecule has 0 fully saturated rings. The predicted octanol–water partition coefficient (Wildman–Crippen LogP) is 2.24. The predicted molar refractivity (Wildman–Crippen MR) is 113 cm³/mol. The number of ether oxygens (including phenoxy) is 1. The number of esters is 1. The average molecular weight is 474 g/mol. The first kappa shape index (κ1) is 22.2. The van der Waals surface area contributed by atoms with Gasteiger partial charge in [-0.2, -0.15) is 0 Å². The zero-order chi connectivity index (χ0) is 18.1. The van der Waals surface area contributed by atoms with Crippen LogP contribution in [0.5, 0.6) is 0 Å². The lowest BCUT2D eigenvalue weighted by atomic mass is 9.90. The molecule has 7 nitrogen and oxygen atoms in total. The number of benzene rings is 1. The van der Waals surface area contributed by atoms with Gasteiger partial charge in [-0.3, -0.25) is 14.6 Å². The molecule has 1 atom stereocenters. The van der Waals surface area contributed by atoms with Crippen molar-refractivity contribution in [3.63, 3.8) is 0 Å². The van der Waals surface area contributed by atoms with E-state index in [2.05, 4.69) is 20.9 Å². The standard InChI is InChI=1S/C18H26N4O3.HI/c1-3-25-17(24)9-6-10-20-18(19-2)21-12-13-11-16(23)22-15-8-5-4-7-14(13)15;/h4-5,7-8,13H,3,6,9-12H2,1-2H3,(H,22,23)(H2,19,20,21);1H. The molecule has 144 valence electrons. The number of nitrogens with one attached hydrogen (secondary N) is 3. The summed E-state index contributed by atoms with van der Waals surface area (Å²) in [6.45, 7) is 3.44. The zero-order valence-corrected chi connectivity index (χ0v) is 17.5. The van der Waals surface area contributed by atoms with Crippen molar-refractivity contribution in [3.05, 3.63) is 29.8 Å². The Bertz CT molecular complexity index is 637. The molecule has 3 N–H and O–H groups in total. The maximum Gasteiger partial charge on any atom is 0.305 e. The SMILES string of the molecule is CCOC(=O)CCCNC(=NC)NCC1CC(=O)Nc2ccccc21.I. The quantitative estimate of drug-likeness (QED) is 0.185. The number of anilines is 1. The van der Waals surface area contributed by atoms with Crippen molar-refractivity contribution >= 4 is 47.5 Å². The minimum atomic E-state index is -0.183. The molecule has 0 aliphatic carbocycles. The summed E-state index contributed by atoms with van der Waals surface area (Å²) in [5.41, 5.74) is 2.01. The Labute approximate surface area is 171 Å². The molecule has 0 radical (unpaired) electrons. The fourth-order valence-electron chi connectivity index (χ4n) is 2.80. The molecule has 26 heavy (non-hydrogen) atoms. The van der Waals surface area contributed by atoms with Crippen LogP contribution in [0.3, 0.4) is 0 Å². The first-order valence-electron chi connectivity index (χ1n) is 8.63. The van der Waals surface area contributed by atoms with Gasteiger partial charge in [0.25, 0.3) is 0 Å². The molecule has 1 heterocycles. The first-order valence-corrected chi connectivity index (χ1v) is 8.63. The van der Waals surface area contributed by atoms with Crippen LogP contribution in [0.15, 0.2) is 29.3 Å². The second-order valence-corrected chi connectivity index (χ2v) is 5.82. The summed E-state index contributed by atoms with van der Waals surface area (Å²) < 4.78 is 4.90. The Kier molecular flexibility index (Phi) is 10.0. The highest BCUT2D eigenvalue weighted by molar-refractivity contribution is 14.0. The van der Waals surface area contributed by atoms with E-state index in [-0.39, 0.29) is 41.8 Å². The van der Waals surface area contributed by atoms with Crippen LogP contribution in [0.4, 0.5) is 5.69 Å². The fraction of sp³-hybridized carbons (Fsp3) is 0.500. The number of carbonyl (C=O) groups excluding carboxylic acids is 2. The number of nitrogens with zero attached hydrogens (tertiary/aromatic N) is 1. The van der Waals surface area contributed by atoms with Gasteiger partial charge in [-0.25, -0.2) is 0 Å². The number of amides is 1. The van der Waals surface area contributed by atoms with Gasteiger partial charge in [0, 0.05) is 44.6 Å². The molecular formula is C18H27IN4O3. The lowest BCUT2D eigenvalue weighted by molar-refractivity contribution is -0.143. The van der Waals surface area contributed by atoms with E-state index in [4.69, 9.17) is 4.74 Å². The highest BCUT2D eigenvalue weighted by Crippen LogP contribution is 2.31. The Hall–Kier alpha value is -1.84. The molecular weight excluding hydrogens is 447 g/mol. The van der Waals surface area contributed by atoms with Crippen molar-refractivity contribution in [2.24, 2.45) is 4.99 Å². The summed E-state index contributed by atoms with van der Waals surface area (Å²) in [6.07, 6.45) is 1.51. The number of halogens is 1.